The molecule has 3 aromatic rings. The Balaban J connectivity index is 1.93. The van der Waals surface area contributed by atoms with E-state index in [4.69, 9.17) is 11.6 Å². The molecule has 0 aliphatic carbocycles. The number of aromatic hydroxyl groups is 1. The molecule has 0 saturated heterocycles. The lowest BCUT2D eigenvalue weighted by Crippen LogP contribution is -2.27. The average Bonchev–Trinajstić information content (AvgIpc) is 2.68. The molecule has 2 N–H and O–H groups in total. The van der Waals surface area contributed by atoms with E-state index in [1.165, 1.54) is 37.4 Å². The minimum absolute atomic E-state index is 0.00699. The molecular weight excluding hydrogens is 400 g/mol. The van der Waals surface area contributed by atoms with Gasteiger partial charge in [-0.25, -0.2) is 8.42 Å². The summed E-state index contributed by atoms with van der Waals surface area (Å²) in [6, 6.07) is 18.5. The zero-order valence-corrected chi connectivity index (χ0v) is 16.4. The number of sulfonamides is 1. The van der Waals surface area contributed by atoms with Crippen LogP contribution in [0.15, 0.2) is 77.7 Å². The van der Waals surface area contributed by atoms with Gasteiger partial charge in [-0.1, -0.05) is 35.9 Å². The zero-order chi connectivity index (χ0) is 20.3. The van der Waals surface area contributed by atoms with Gasteiger partial charge in [0.15, 0.2) is 0 Å². The number of halogens is 1. The van der Waals surface area contributed by atoms with Crippen LogP contribution in [-0.4, -0.2) is 26.5 Å². The molecule has 0 aliphatic rings. The Morgan fingerprint density at radius 2 is 1.71 bits per heavy atom. The second kappa shape index (κ2) is 7.92. The highest BCUT2D eigenvalue weighted by Crippen LogP contribution is 2.26. The molecule has 0 atom stereocenters. The Morgan fingerprint density at radius 3 is 2.39 bits per heavy atom. The predicted molar refractivity (Wildman–Crippen MR) is 110 cm³/mol. The third-order valence-electron chi connectivity index (χ3n) is 4.06. The Kier molecular flexibility index (Phi) is 5.58. The third-order valence-corrected chi connectivity index (χ3v) is 6.18. The fraction of sp³-hybridized carbons (Fsp3) is 0.0500. The van der Waals surface area contributed by atoms with Crippen LogP contribution < -0.4 is 9.62 Å². The van der Waals surface area contributed by atoms with Crippen LogP contribution in [-0.2, 0) is 10.0 Å². The number of anilines is 2. The van der Waals surface area contributed by atoms with Crippen molar-refractivity contribution >= 4 is 38.9 Å². The van der Waals surface area contributed by atoms with Crippen molar-refractivity contribution in [1.82, 2.24) is 0 Å². The predicted octanol–water partition coefficient (Wildman–Crippen LogP) is 4.12. The van der Waals surface area contributed by atoms with Gasteiger partial charge in [0.1, 0.15) is 5.75 Å². The van der Waals surface area contributed by atoms with E-state index < -0.39 is 15.9 Å². The first-order chi connectivity index (χ1) is 13.3. The highest BCUT2D eigenvalue weighted by atomic mass is 35.5. The molecule has 0 aliphatic heterocycles. The molecule has 3 rings (SSSR count). The van der Waals surface area contributed by atoms with Gasteiger partial charge in [0.25, 0.3) is 15.9 Å². The van der Waals surface area contributed by atoms with Gasteiger partial charge in [0.2, 0.25) is 0 Å². The van der Waals surface area contributed by atoms with Crippen molar-refractivity contribution in [2.24, 2.45) is 0 Å². The second-order valence-electron chi connectivity index (χ2n) is 5.95. The summed E-state index contributed by atoms with van der Waals surface area (Å²) in [5, 5.41) is 12.2. The van der Waals surface area contributed by atoms with Crippen LogP contribution in [0.3, 0.4) is 0 Å². The molecule has 0 bridgehead atoms. The van der Waals surface area contributed by atoms with E-state index in [2.05, 4.69) is 5.32 Å². The first-order valence-corrected chi connectivity index (χ1v) is 10.0. The summed E-state index contributed by atoms with van der Waals surface area (Å²) in [5.41, 5.74) is 0.853. The summed E-state index contributed by atoms with van der Waals surface area (Å²) >= 11 is 6.12. The summed E-state index contributed by atoms with van der Waals surface area (Å²) in [5.74, 6) is -0.597. The third kappa shape index (κ3) is 4.11. The maximum absolute atomic E-state index is 12.9. The molecule has 0 radical (unpaired) electrons. The van der Waals surface area contributed by atoms with Crippen molar-refractivity contribution in [1.29, 1.82) is 0 Å². The monoisotopic (exact) mass is 416 g/mol. The van der Waals surface area contributed by atoms with Crippen LogP contribution in [0.2, 0.25) is 5.02 Å². The summed E-state index contributed by atoms with van der Waals surface area (Å²) in [6.07, 6.45) is 0. The highest BCUT2D eigenvalue weighted by Gasteiger charge is 2.23. The zero-order valence-electron chi connectivity index (χ0n) is 14.8. The molecular formula is C20H17ClN2O4S. The molecule has 0 heterocycles. The molecule has 28 heavy (non-hydrogen) atoms. The van der Waals surface area contributed by atoms with Gasteiger partial charge < -0.3 is 10.4 Å². The molecule has 8 heteroatoms. The van der Waals surface area contributed by atoms with Gasteiger partial charge in [-0.05, 0) is 42.5 Å². The summed E-state index contributed by atoms with van der Waals surface area (Å²) < 4.78 is 27.0. The maximum Gasteiger partial charge on any atom is 0.264 e. The quantitative estimate of drug-likeness (QED) is 0.654. The van der Waals surface area contributed by atoms with Crippen LogP contribution in [0.5, 0.6) is 5.75 Å². The number of benzene rings is 3. The normalized spacial score (nSPS) is 11.1. The van der Waals surface area contributed by atoms with Crippen LogP contribution in [0.25, 0.3) is 0 Å². The largest absolute Gasteiger partial charge is 0.508 e. The topological polar surface area (TPSA) is 86.7 Å². The Morgan fingerprint density at radius 1 is 1.00 bits per heavy atom. The van der Waals surface area contributed by atoms with Crippen molar-refractivity contribution in [3.63, 3.8) is 0 Å². The van der Waals surface area contributed by atoms with Gasteiger partial charge in [-0.3, -0.25) is 9.10 Å². The molecule has 0 aromatic heterocycles. The maximum atomic E-state index is 12.9. The first kappa shape index (κ1) is 19.7. The van der Waals surface area contributed by atoms with Crippen LogP contribution in [0.1, 0.15) is 10.4 Å². The number of nitrogens with zero attached hydrogens (tertiary/aromatic N) is 1. The van der Waals surface area contributed by atoms with E-state index in [1.54, 1.807) is 42.5 Å². The summed E-state index contributed by atoms with van der Waals surface area (Å²) in [4.78, 5) is 12.5. The minimum Gasteiger partial charge on any atom is -0.508 e. The van der Waals surface area contributed by atoms with Gasteiger partial charge >= 0.3 is 0 Å². The average molecular weight is 417 g/mol. The van der Waals surface area contributed by atoms with Crippen LogP contribution in [0, 0.1) is 0 Å². The van der Waals surface area contributed by atoms with Crippen molar-refractivity contribution < 1.29 is 18.3 Å². The van der Waals surface area contributed by atoms with E-state index in [9.17, 15) is 18.3 Å². The number of rotatable bonds is 5. The van der Waals surface area contributed by atoms with Crippen molar-refractivity contribution in [2.45, 2.75) is 4.90 Å². The molecule has 6 nitrogen and oxygen atoms in total. The lowest BCUT2D eigenvalue weighted by molar-refractivity contribution is 0.102. The molecule has 0 saturated carbocycles. The Bertz CT molecular complexity index is 1120. The number of phenols is 1. The number of para-hydroxylation sites is 1. The van der Waals surface area contributed by atoms with Gasteiger partial charge in [0, 0.05) is 18.8 Å². The van der Waals surface area contributed by atoms with Crippen molar-refractivity contribution in [2.75, 3.05) is 16.7 Å². The van der Waals surface area contributed by atoms with E-state index in [0.717, 1.165) is 4.31 Å². The molecule has 1 amide bonds. The number of carbonyl (C=O) groups excluding carboxylic acids is 1. The van der Waals surface area contributed by atoms with Crippen molar-refractivity contribution in [3.05, 3.63) is 83.4 Å². The molecule has 0 spiro atoms. The van der Waals surface area contributed by atoms with E-state index in [-0.39, 0.29) is 21.2 Å². The second-order valence-corrected chi connectivity index (χ2v) is 8.33. The highest BCUT2D eigenvalue weighted by molar-refractivity contribution is 7.92. The standard InChI is InChI=1S/C20H17ClN2O4S/c1-23(15-7-3-2-4-8-15)28(26,27)17-10-11-19(21)18(13-17)20(25)22-14-6-5-9-16(24)12-14/h2-13,24H,1H3,(H,22,25). The van der Waals surface area contributed by atoms with Crippen LogP contribution in [0.4, 0.5) is 11.4 Å². The SMILES string of the molecule is CN(c1ccccc1)S(=O)(=O)c1ccc(Cl)c(C(=O)Nc2cccc(O)c2)c1. The number of hydrogen-bond donors (Lipinski definition) is 2. The summed E-state index contributed by atoms with van der Waals surface area (Å²) in [7, 11) is -2.45. The van der Waals surface area contributed by atoms with E-state index in [0.29, 0.717) is 11.4 Å². The Hall–Kier alpha value is -3.03. The fourth-order valence-electron chi connectivity index (χ4n) is 2.56. The van der Waals surface area contributed by atoms with Gasteiger partial charge in [0.05, 0.1) is 21.2 Å². The van der Waals surface area contributed by atoms with E-state index >= 15 is 0 Å². The fourth-order valence-corrected chi connectivity index (χ4v) is 3.98. The summed E-state index contributed by atoms with van der Waals surface area (Å²) in [6.45, 7) is 0. The first-order valence-electron chi connectivity index (χ1n) is 8.23. The number of carbonyl (C=O) groups is 1. The van der Waals surface area contributed by atoms with Gasteiger partial charge in [-0.15, -0.1) is 0 Å². The Labute approximate surface area is 168 Å². The lowest BCUT2D eigenvalue weighted by Gasteiger charge is -2.20. The minimum atomic E-state index is -3.89. The number of amides is 1. The molecule has 3 aromatic carbocycles. The lowest BCUT2D eigenvalue weighted by atomic mass is 10.2. The smallest absolute Gasteiger partial charge is 0.264 e. The molecule has 0 fully saturated rings. The number of nitrogens with one attached hydrogen (secondary N) is 1. The van der Waals surface area contributed by atoms with Crippen molar-refractivity contribution in [3.8, 4) is 5.75 Å². The molecule has 144 valence electrons. The van der Waals surface area contributed by atoms with Gasteiger partial charge in [-0.2, -0.15) is 0 Å². The number of hydrogen-bond acceptors (Lipinski definition) is 4. The van der Waals surface area contributed by atoms with E-state index in [1.807, 2.05) is 0 Å². The molecule has 0 unspecified atom stereocenters. The number of phenolic OH excluding ortho intramolecular Hbond substituents is 1. The van der Waals surface area contributed by atoms with Crippen LogP contribution >= 0.6 is 11.6 Å².